The fourth-order valence-corrected chi connectivity index (χ4v) is 5.32. The van der Waals surface area contributed by atoms with Gasteiger partial charge in [0.25, 0.3) is 0 Å². The summed E-state index contributed by atoms with van der Waals surface area (Å²) >= 11 is 0. The van der Waals surface area contributed by atoms with Gasteiger partial charge in [-0.2, -0.15) is 5.26 Å². The third-order valence-corrected chi connectivity index (χ3v) is 6.88. The Morgan fingerprint density at radius 3 is 2.12 bits per heavy atom. The summed E-state index contributed by atoms with van der Waals surface area (Å²) in [6.07, 6.45) is 5.05. The Hall–Kier alpha value is -4.55. The number of rotatable bonds is 2. The molecule has 0 spiro atoms. The number of aromatic nitrogens is 1. The van der Waals surface area contributed by atoms with Crippen molar-refractivity contribution >= 4 is 55.0 Å². The Morgan fingerprint density at radius 2 is 1.38 bits per heavy atom. The number of nitriles is 1. The minimum atomic E-state index is -0.149. The molecule has 4 aromatic carbocycles. The maximum Gasteiger partial charge on any atom is 0.135 e. The fraction of sp³-hybridized carbons (Fsp3) is 0.0645. The van der Waals surface area contributed by atoms with Gasteiger partial charge in [-0.15, -0.1) is 0 Å². The van der Waals surface area contributed by atoms with E-state index >= 15 is 0 Å². The summed E-state index contributed by atoms with van der Waals surface area (Å²) in [5, 5.41) is 14.4. The van der Waals surface area contributed by atoms with Crippen molar-refractivity contribution in [1.82, 2.24) is 4.57 Å². The van der Waals surface area contributed by atoms with Gasteiger partial charge in [-0.25, -0.2) is 0 Å². The van der Waals surface area contributed by atoms with E-state index in [-0.39, 0.29) is 5.92 Å². The van der Waals surface area contributed by atoms with E-state index in [1.54, 1.807) is 0 Å². The second kappa shape index (κ2) is 7.23. The van der Waals surface area contributed by atoms with Crippen molar-refractivity contribution in [2.75, 3.05) is 0 Å². The summed E-state index contributed by atoms with van der Waals surface area (Å²) in [4.78, 5) is 0. The number of furan rings is 1. The average Bonchev–Trinajstić information content (AvgIpc) is 3.44. The number of nitrogens with zero attached hydrogens (tertiary/aromatic N) is 2. The van der Waals surface area contributed by atoms with E-state index in [1.165, 1.54) is 21.8 Å². The Kier molecular flexibility index (Phi) is 4.03. The van der Waals surface area contributed by atoms with Gasteiger partial charge in [-0.05, 0) is 42.3 Å². The lowest BCUT2D eigenvalue weighted by molar-refractivity contribution is 0.669. The van der Waals surface area contributed by atoms with E-state index in [2.05, 4.69) is 89.5 Å². The molecule has 0 radical (unpaired) electrons. The zero-order valence-corrected chi connectivity index (χ0v) is 18.4. The van der Waals surface area contributed by atoms with Crippen LogP contribution in [0.15, 0.2) is 108 Å². The first-order valence-electron chi connectivity index (χ1n) is 11.5. The Labute approximate surface area is 196 Å². The Balaban J connectivity index is 1.50. The zero-order valence-electron chi connectivity index (χ0n) is 18.4. The molecule has 160 valence electrons. The molecule has 0 aliphatic heterocycles. The lowest BCUT2D eigenvalue weighted by Crippen LogP contribution is -2.07. The first-order valence-corrected chi connectivity index (χ1v) is 11.5. The number of benzene rings is 4. The maximum atomic E-state index is 9.75. The molecule has 0 N–H and O–H groups in total. The van der Waals surface area contributed by atoms with Crippen LogP contribution >= 0.6 is 0 Å². The van der Waals surface area contributed by atoms with Gasteiger partial charge in [0.2, 0.25) is 0 Å². The topological polar surface area (TPSA) is 41.9 Å². The molecule has 1 aliphatic carbocycles. The maximum absolute atomic E-state index is 9.75. The highest BCUT2D eigenvalue weighted by atomic mass is 16.3. The molecule has 1 aliphatic rings. The van der Waals surface area contributed by atoms with Gasteiger partial charge in [-0.1, -0.05) is 72.8 Å². The molecule has 0 saturated carbocycles. The number of hydrogen-bond donors (Lipinski definition) is 0. The van der Waals surface area contributed by atoms with Crippen LogP contribution in [0.4, 0.5) is 0 Å². The van der Waals surface area contributed by atoms with Crippen molar-refractivity contribution in [3.63, 3.8) is 0 Å². The quantitative estimate of drug-likeness (QED) is 0.275. The third-order valence-electron chi connectivity index (χ3n) is 6.88. The number of hydrogen-bond acceptors (Lipinski definition) is 2. The molecule has 3 nitrogen and oxygen atoms in total. The van der Waals surface area contributed by atoms with Gasteiger partial charge >= 0.3 is 0 Å². The summed E-state index contributed by atoms with van der Waals surface area (Å²) in [5.74, 6) is -0.149. The third kappa shape index (κ3) is 2.69. The van der Waals surface area contributed by atoms with Crippen LogP contribution in [0.1, 0.15) is 12.0 Å². The Morgan fingerprint density at radius 1 is 0.735 bits per heavy atom. The van der Waals surface area contributed by atoms with Crippen LogP contribution in [0.3, 0.4) is 0 Å². The van der Waals surface area contributed by atoms with Crippen molar-refractivity contribution in [2.45, 2.75) is 6.42 Å². The van der Waals surface area contributed by atoms with Gasteiger partial charge in [0.05, 0.1) is 23.0 Å². The summed E-state index contributed by atoms with van der Waals surface area (Å²) in [5.41, 5.74) is 7.40. The molecule has 2 aromatic heterocycles. The predicted molar refractivity (Wildman–Crippen MR) is 139 cm³/mol. The molecule has 2 heterocycles. The molecule has 6 aromatic rings. The van der Waals surface area contributed by atoms with Crippen LogP contribution < -0.4 is 0 Å². The van der Waals surface area contributed by atoms with Crippen LogP contribution in [0.25, 0.3) is 55.0 Å². The number of para-hydroxylation sites is 3. The van der Waals surface area contributed by atoms with E-state index in [9.17, 15) is 5.26 Å². The summed E-state index contributed by atoms with van der Waals surface area (Å²) < 4.78 is 8.41. The van der Waals surface area contributed by atoms with Gasteiger partial charge in [-0.3, -0.25) is 0 Å². The number of fused-ring (bicyclic) bond motifs is 6. The molecule has 0 saturated heterocycles. The minimum Gasteiger partial charge on any atom is -0.456 e. The van der Waals surface area contributed by atoms with Crippen LogP contribution in [0.2, 0.25) is 0 Å². The molecule has 3 heteroatoms. The molecular formula is C31H20N2O. The van der Waals surface area contributed by atoms with Gasteiger partial charge in [0, 0.05) is 32.8 Å². The fourth-order valence-electron chi connectivity index (χ4n) is 5.32. The molecule has 0 bridgehead atoms. The molecule has 1 unspecified atom stereocenters. The lowest BCUT2D eigenvalue weighted by Gasteiger charge is -2.22. The smallest absolute Gasteiger partial charge is 0.135 e. The molecule has 34 heavy (non-hydrogen) atoms. The molecular weight excluding hydrogens is 416 g/mol. The van der Waals surface area contributed by atoms with Gasteiger partial charge in [0.15, 0.2) is 0 Å². The first-order chi connectivity index (χ1) is 16.8. The summed E-state index contributed by atoms with van der Waals surface area (Å²) in [7, 11) is 0. The molecule has 7 rings (SSSR count). The van der Waals surface area contributed by atoms with E-state index in [1.807, 2.05) is 24.3 Å². The predicted octanol–water partition coefficient (Wildman–Crippen LogP) is 8.16. The van der Waals surface area contributed by atoms with Crippen molar-refractivity contribution in [2.24, 2.45) is 5.92 Å². The molecule has 0 amide bonds. The van der Waals surface area contributed by atoms with Crippen LogP contribution in [0.5, 0.6) is 0 Å². The van der Waals surface area contributed by atoms with Crippen LogP contribution in [0, 0.1) is 17.2 Å². The van der Waals surface area contributed by atoms with Gasteiger partial charge in [0.1, 0.15) is 11.2 Å². The standard InChI is InChI=1S/C31H20N2O/c32-19-20-13-15-29(33-27-10-4-1-7-22(27)23-8-2-5-11-28(23)33)25(17-20)21-14-16-31-26(18-21)24-9-3-6-12-30(24)34-31/h1-12,14-18,20H,13H2. The molecule has 0 fully saturated rings. The van der Waals surface area contributed by atoms with Crippen LogP contribution in [-0.4, -0.2) is 4.57 Å². The monoisotopic (exact) mass is 436 g/mol. The van der Waals surface area contributed by atoms with Crippen molar-refractivity contribution < 1.29 is 4.42 Å². The highest BCUT2D eigenvalue weighted by Crippen LogP contribution is 2.41. The van der Waals surface area contributed by atoms with E-state index in [4.69, 9.17) is 4.42 Å². The summed E-state index contributed by atoms with van der Waals surface area (Å²) in [6.45, 7) is 0. The second-order valence-electron chi connectivity index (χ2n) is 8.82. The highest BCUT2D eigenvalue weighted by Gasteiger charge is 2.22. The van der Waals surface area contributed by atoms with E-state index in [0.29, 0.717) is 6.42 Å². The average molecular weight is 437 g/mol. The van der Waals surface area contributed by atoms with Gasteiger partial charge < -0.3 is 8.98 Å². The van der Waals surface area contributed by atoms with Crippen molar-refractivity contribution in [1.29, 1.82) is 5.26 Å². The minimum absolute atomic E-state index is 0.149. The van der Waals surface area contributed by atoms with Crippen molar-refractivity contribution in [3.05, 3.63) is 109 Å². The lowest BCUT2D eigenvalue weighted by atomic mass is 9.89. The van der Waals surface area contributed by atoms with E-state index < -0.39 is 0 Å². The summed E-state index contributed by atoms with van der Waals surface area (Å²) in [6, 6.07) is 34.0. The second-order valence-corrected chi connectivity index (χ2v) is 8.82. The van der Waals surface area contributed by atoms with E-state index in [0.717, 1.165) is 38.8 Å². The number of allylic oxidation sites excluding steroid dienone is 4. The normalized spacial score (nSPS) is 16.1. The molecule has 1 atom stereocenters. The van der Waals surface area contributed by atoms with Crippen LogP contribution in [-0.2, 0) is 0 Å². The van der Waals surface area contributed by atoms with Crippen molar-refractivity contribution in [3.8, 4) is 6.07 Å². The Bertz CT molecular complexity index is 1800. The zero-order chi connectivity index (χ0) is 22.6. The highest BCUT2D eigenvalue weighted by molar-refractivity contribution is 6.15. The first kappa shape index (κ1) is 19.0. The SMILES string of the molecule is N#CC1C=C(c2ccc3oc4ccccc4c3c2)C(n2c3ccccc3c3ccccc32)=CC1. The largest absolute Gasteiger partial charge is 0.456 e.